The maximum Gasteiger partial charge on any atom is 0.307 e. The summed E-state index contributed by atoms with van der Waals surface area (Å²) in [6.45, 7) is 1.52. The summed E-state index contributed by atoms with van der Waals surface area (Å²) in [5.41, 5.74) is 3.88. The van der Waals surface area contributed by atoms with Crippen molar-refractivity contribution in [2.75, 3.05) is 12.0 Å². The topological polar surface area (TPSA) is 46.6 Å². The third-order valence-corrected chi connectivity index (χ3v) is 4.01. The standard InChI is InChI=1S/C18H17NO3/c1-12(20)19-16-10-6-5-8-14(16)13-7-3-4-9-15(13)17(19)11-18(21)22-2/h3-10,17H,11H2,1-2H3. The van der Waals surface area contributed by atoms with Gasteiger partial charge in [-0.15, -0.1) is 0 Å². The first kappa shape index (κ1) is 14.3. The molecule has 4 heteroatoms. The molecular weight excluding hydrogens is 278 g/mol. The third-order valence-electron chi connectivity index (χ3n) is 4.01. The summed E-state index contributed by atoms with van der Waals surface area (Å²) in [5.74, 6) is -0.415. The van der Waals surface area contributed by atoms with Crippen LogP contribution in [0, 0.1) is 0 Å². The first-order valence-corrected chi connectivity index (χ1v) is 7.18. The third kappa shape index (κ3) is 2.26. The zero-order valence-electron chi connectivity index (χ0n) is 12.6. The summed E-state index contributed by atoms with van der Waals surface area (Å²) >= 11 is 0. The SMILES string of the molecule is COC(=O)CC1c2ccccc2-c2ccccc2N1C(C)=O. The van der Waals surface area contributed by atoms with Gasteiger partial charge in [0.25, 0.3) is 0 Å². The first-order valence-electron chi connectivity index (χ1n) is 7.18. The number of carbonyl (C=O) groups is 2. The van der Waals surface area contributed by atoms with E-state index < -0.39 is 0 Å². The molecule has 4 nitrogen and oxygen atoms in total. The molecular formula is C18H17NO3. The van der Waals surface area contributed by atoms with E-state index in [9.17, 15) is 9.59 Å². The van der Waals surface area contributed by atoms with Crippen LogP contribution in [0.15, 0.2) is 48.5 Å². The molecule has 0 radical (unpaired) electrons. The predicted octanol–water partition coefficient (Wildman–Crippen LogP) is 3.32. The minimum Gasteiger partial charge on any atom is -0.469 e. The maximum absolute atomic E-state index is 12.2. The van der Waals surface area contributed by atoms with E-state index in [4.69, 9.17) is 4.74 Å². The molecule has 2 aromatic rings. The molecule has 0 fully saturated rings. The van der Waals surface area contributed by atoms with Crippen molar-refractivity contribution < 1.29 is 14.3 Å². The van der Waals surface area contributed by atoms with Crippen LogP contribution in [0.5, 0.6) is 0 Å². The quantitative estimate of drug-likeness (QED) is 0.798. The van der Waals surface area contributed by atoms with Crippen molar-refractivity contribution in [3.05, 3.63) is 54.1 Å². The molecule has 1 unspecified atom stereocenters. The van der Waals surface area contributed by atoms with Crippen molar-refractivity contribution in [3.8, 4) is 11.1 Å². The lowest BCUT2D eigenvalue weighted by Gasteiger charge is -2.37. The van der Waals surface area contributed by atoms with E-state index in [1.54, 1.807) is 4.90 Å². The Morgan fingerprint density at radius 3 is 2.36 bits per heavy atom. The average Bonchev–Trinajstić information content (AvgIpc) is 2.54. The smallest absolute Gasteiger partial charge is 0.307 e. The molecule has 0 saturated heterocycles. The van der Waals surface area contributed by atoms with Crippen LogP contribution in [0.4, 0.5) is 5.69 Å². The van der Waals surface area contributed by atoms with Crippen molar-refractivity contribution in [2.45, 2.75) is 19.4 Å². The number of carbonyl (C=O) groups excluding carboxylic acids is 2. The highest BCUT2D eigenvalue weighted by Gasteiger charge is 2.34. The molecule has 1 aliphatic heterocycles. The van der Waals surface area contributed by atoms with Gasteiger partial charge >= 0.3 is 5.97 Å². The van der Waals surface area contributed by atoms with E-state index >= 15 is 0 Å². The molecule has 1 amide bonds. The Bertz CT molecular complexity index is 739. The van der Waals surface area contributed by atoms with Crippen molar-refractivity contribution in [1.82, 2.24) is 0 Å². The second-order valence-electron chi connectivity index (χ2n) is 5.29. The fraction of sp³-hybridized carbons (Fsp3) is 0.222. The highest BCUT2D eigenvalue weighted by Crippen LogP contribution is 2.45. The highest BCUT2D eigenvalue weighted by molar-refractivity contribution is 6.00. The Balaban J connectivity index is 2.21. The van der Waals surface area contributed by atoms with Crippen molar-refractivity contribution in [1.29, 1.82) is 0 Å². The second-order valence-corrected chi connectivity index (χ2v) is 5.29. The zero-order valence-corrected chi connectivity index (χ0v) is 12.6. The number of hydrogen-bond donors (Lipinski definition) is 0. The largest absolute Gasteiger partial charge is 0.469 e. The summed E-state index contributed by atoms with van der Waals surface area (Å²) in [5, 5.41) is 0. The Kier molecular flexibility index (Phi) is 3.67. The number of anilines is 1. The van der Waals surface area contributed by atoms with Crippen molar-refractivity contribution in [2.24, 2.45) is 0 Å². The van der Waals surface area contributed by atoms with E-state index in [2.05, 4.69) is 0 Å². The van der Waals surface area contributed by atoms with Gasteiger partial charge in [-0.1, -0.05) is 42.5 Å². The van der Waals surface area contributed by atoms with E-state index in [1.165, 1.54) is 14.0 Å². The van der Waals surface area contributed by atoms with Crippen LogP contribution in [0.1, 0.15) is 24.9 Å². The summed E-state index contributed by atoms with van der Waals surface area (Å²) in [6.07, 6.45) is 0.140. The van der Waals surface area contributed by atoms with Crippen molar-refractivity contribution >= 4 is 17.6 Å². The molecule has 112 valence electrons. The Morgan fingerprint density at radius 1 is 1.05 bits per heavy atom. The van der Waals surface area contributed by atoms with Crippen LogP contribution >= 0.6 is 0 Å². The number of para-hydroxylation sites is 1. The minimum atomic E-state index is -0.337. The lowest BCUT2D eigenvalue weighted by molar-refractivity contribution is -0.141. The fourth-order valence-corrected chi connectivity index (χ4v) is 3.08. The van der Waals surface area contributed by atoms with Gasteiger partial charge in [-0.3, -0.25) is 9.59 Å². The Morgan fingerprint density at radius 2 is 1.68 bits per heavy atom. The van der Waals surface area contributed by atoms with E-state index in [0.717, 1.165) is 22.4 Å². The second kappa shape index (κ2) is 5.64. The van der Waals surface area contributed by atoms with Crippen molar-refractivity contribution in [3.63, 3.8) is 0 Å². The zero-order chi connectivity index (χ0) is 15.7. The average molecular weight is 295 g/mol. The number of methoxy groups -OCH3 is 1. The van der Waals surface area contributed by atoms with Gasteiger partial charge in [0.15, 0.2) is 0 Å². The van der Waals surface area contributed by atoms with Gasteiger partial charge in [0.1, 0.15) is 0 Å². The number of nitrogens with zero attached hydrogens (tertiary/aromatic N) is 1. The molecule has 1 atom stereocenters. The summed E-state index contributed by atoms with van der Waals surface area (Å²) in [6, 6.07) is 15.3. The molecule has 0 saturated carbocycles. The summed E-state index contributed by atoms with van der Waals surface area (Å²) in [4.78, 5) is 25.7. The van der Waals surface area contributed by atoms with Crippen LogP contribution in [0.25, 0.3) is 11.1 Å². The highest BCUT2D eigenvalue weighted by atomic mass is 16.5. The van der Waals surface area contributed by atoms with Crippen LogP contribution in [0.2, 0.25) is 0 Å². The van der Waals surface area contributed by atoms with Crippen LogP contribution in [-0.2, 0) is 14.3 Å². The number of hydrogen-bond acceptors (Lipinski definition) is 3. The van der Waals surface area contributed by atoms with E-state index in [-0.39, 0.29) is 24.3 Å². The molecule has 3 rings (SSSR count). The first-order chi connectivity index (χ1) is 10.6. The van der Waals surface area contributed by atoms with Crippen LogP contribution < -0.4 is 4.90 Å². The number of amides is 1. The van der Waals surface area contributed by atoms with Gasteiger partial charge in [-0.05, 0) is 17.2 Å². The molecule has 1 aliphatic rings. The Labute approximate surface area is 129 Å². The molecule has 0 spiro atoms. The lowest BCUT2D eigenvalue weighted by Crippen LogP contribution is -2.37. The van der Waals surface area contributed by atoms with Gasteiger partial charge < -0.3 is 9.64 Å². The number of benzene rings is 2. The number of fused-ring (bicyclic) bond motifs is 3. The van der Waals surface area contributed by atoms with Crippen LogP contribution in [0.3, 0.4) is 0 Å². The van der Waals surface area contributed by atoms with Gasteiger partial charge in [0.2, 0.25) is 5.91 Å². The number of ether oxygens (including phenoxy) is 1. The Hall–Kier alpha value is -2.62. The van der Waals surface area contributed by atoms with Gasteiger partial charge in [0, 0.05) is 12.5 Å². The molecule has 22 heavy (non-hydrogen) atoms. The predicted molar refractivity (Wildman–Crippen MR) is 84.4 cm³/mol. The molecule has 0 bridgehead atoms. The molecule has 0 N–H and O–H groups in total. The summed E-state index contributed by atoms with van der Waals surface area (Å²) in [7, 11) is 1.36. The molecule has 0 aliphatic carbocycles. The number of esters is 1. The normalized spacial score (nSPS) is 15.7. The lowest BCUT2D eigenvalue weighted by atomic mass is 9.86. The van der Waals surface area contributed by atoms with E-state index in [0.29, 0.717) is 0 Å². The molecule has 2 aromatic carbocycles. The molecule has 1 heterocycles. The van der Waals surface area contributed by atoms with Gasteiger partial charge in [-0.25, -0.2) is 0 Å². The fourth-order valence-electron chi connectivity index (χ4n) is 3.08. The van der Waals surface area contributed by atoms with Gasteiger partial charge in [0.05, 0.1) is 25.3 Å². The maximum atomic E-state index is 12.2. The van der Waals surface area contributed by atoms with E-state index in [1.807, 2.05) is 48.5 Å². The van der Waals surface area contributed by atoms with Crippen LogP contribution in [-0.4, -0.2) is 19.0 Å². The van der Waals surface area contributed by atoms with Gasteiger partial charge in [-0.2, -0.15) is 0 Å². The summed E-state index contributed by atoms with van der Waals surface area (Å²) < 4.78 is 4.81. The minimum absolute atomic E-state index is 0.0872. The number of rotatable bonds is 2. The monoisotopic (exact) mass is 295 g/mol. The molecule has 0 aromatic heterocycles.